The molecule has 2 amide bonds. The van der Waals surface area contributed by atoms with Crippen molar-refractivity contribution in [3.63, 3.8) is 0 Å². The van der Waals surface area contributed by atoms with Crippen LogP contribution in [0.3, 0.4) is 0 Å². The summed E-state index contributed by atoms with van der Waals surface area (Å²) in [5, 5.41) is 17.4. The lowest BCUT2D eigenvalue weighted by Gasteiger charge is -2.02. The predicted molar refractivity (Wildman–Crippen MR) is 110 cm³/mol. The molecule has 0 saturated heterocycles. The molecule has 0 fully saturated rings. The van der Waals surface area contributed by atoms with Gasteiger partial charge in [-0.15, -0.1) is 22.7 Å². The molecular weight excluding hydrogens is 416 g/mol. The van der Waals surface area contributed by atoms with Crippen molar-refractivity contribution in [1.29, 1.82) is 0 Å². The first kappa shape index (κ1) is 18.7. The fourth-order valence-electron chi connectivity index (χ4n) is 2.46. The minimum atomic E-state index is -1.07. The lowest BCUT2D eigenvalue weighted by molar-refractivity contribution is 0.0701. The Balaban J connectivity index is 1.50. The van der Waals surface area contributed by atoms with Gasteiger partial charge in [0.1, 0.15) is 10.4 Å². The highest BCUT2D eigenvalue weighted by molar-refractivity contribution is 7.12. The van der Waals surface area contributed by atoms with Crippen molar-refractivity contribution in [2.75, 3.05) is 16.4 Å². The zero-order chi connectivity index (χ0) is 20.5. The number of carbonyl (C=O) groups excluding carboxylic acids is 2. The number of anilines is 3. The van der Waals surface area contributed by atoms with E-state index in [0.29, 0.717) is 33.0 Å². The van der Waals surface area contributed by atoms with E-state index in [4.69, 9.17) is 15.3 Å². The number of carbonyl (C=O) groups is 3. The number of aromatic carboxylic acids is 1. The van der Waals surface area contributed by atoms with Gasteiger partial charge in [-0.2, -0.15) is 0 Å². The molecule has 0 aliphatic rings. The van der Waals surface area contributed by atoms with Gasteiger partial charge in [-0.3, -0.25) is 9.59 Å². The monoisotopic (exact) mass is 428 g/mol. The number of thiophene rings is 2. The summed E-state index contributed by atoms with van der Waals surface area (Å²) >= 11 is 2.23. The average Bonchev–Trinajstić information content (AvgIpc) is 3.40. The quantitative estimate of drug-likeness (QED) is 0.378. The van der Waals surface area contributed by atoms with Crippen LogP contribution in [0, 0.1) is 0 Å². The first-order chi connectivity index (χ1) is 13.9. The van der Waals surface area contributed by atoms with E-state index in [-0.39, 0.29) is 16.7 Å². The van der Waals surface area contributed by atoms with Gasteiger partial charge in [-0.05, 0) is 24.3 Å². The predicted octanol–water partition coefficient (Wildman–Crippen LogP) is 3.74. The van der Waals surface area contributed by atoms with Crippen molar-refractivity contribution in [3.8, 4) is 0 Å². The third-order valence-electron chi connectivity index (χ3n) is 3.75. The van der Waals surface area contributed by atoms with Gasteiger partial charge in [0.05, 0.1) is 10.6 Å². The molecule has 1 aromatic carbocycles. The van der Waals surface area contributed by atoms with E-state index in [1.165, 1.54) is 22.8 Å². The minimum absolute atomic E-state index is 0.103. The Labute approximate surface area is 170 Å². The number of aromatic nitrogens is 1. The highest BCUT2D eigenvalue weighted by atomic mass is 32.1. The van der Waals surface area contributed by atoms with Crippen molar-refractivity contribution >= 4 is 68.6 Å². The average molecular weight is 428 g/mol. The fraction of sp³-hybridized carbons (Fsp3) is 0. The lowest BCUT2D eigenvalue weighted by atomic mass is 10.3. The number of carboxylic acids is 1. The van der Waals surface area contributed by atoms with E-state index in [2.05, 4.69) is 15.6 Å². The Morgan fingerprint density at radius 1 is 0.966 bits per heavy atom. The van der Waals surface area contributed by atoms with E-state index in [1.54, 1.807) is 29.6 Å². The molecule has 146 valence electrons. The maximum atomic E-state index is 12.3. The number of oxazole rings is 1. The summed E-state index contributed by atoms with van der Waals surface area (Å²) in [6, 6.07) is 7.73. The SMILES string of the molecule is Nc1csc(C(=O)Nc2ccc3nc(C(=O)Nc4csc(C(=O)O)c4)oc3c2)c1. The molecule has 0 saturated carbocycles. The topological polar surface area (TPSA) is 148 Å². The second-order valence-corrected chi connectivity index (χ2v) is 7.68. The van der Waals surface area contributed by atoms with Crippen LogP contribution in [-0.4, -0.2) is 27.9 Å². The largest absolute Gasteiger partial charge is 0.477 e. The molecule has 0 unspecified atom stereocenters. The molecule has 9 nitrogen and oxygen atoms in total. The van der Waals surface area contributed by atoms with Gasteiger partial charge in [-0.1, -0.05) is 0 Å². The number of nitrogens with zero attached hydrogens (tertiary/aromatic N) is 1. The number of nitrogen functional groups attached to an aromatic ring is 1. The second kappa shape index (κ2) is 7.37. The zero-order valence-electron chi connectivity index (χ0n) is 14.5. The van der Waals surface area contributed by atoms with Gasteiger partial charge in [0, 0.05) is 28.2 Å². The van der Waals surface area contributed by atoms with Gasteiger partial charge in [0.25, 0.3) is 11.8 Å². The zero-order valence-corrected chi connectivity index (χ0v) is 16.1. The third-order valence-corrected chi connectivity index (χ3v) is 5.62. The number of carboxylic acid groups (broad SMARTS) is 1. The van der Waals surface area contributed by atoms with Crippen LogP contribution >= 0.6 is 22.7 Å². The molecule has 5 N–H and O–H groups in total. The summed E-state index contributed by atoms with van der Waals surface area (Å²) in [6.07, 6.45) is 0. The van der Waals surface area contributed by atoms with Crippen LogP contribution in [0.2, 0.25) is 0 Å². The van der Waals surface area contributed by atoms with E-state index in [1.807, 2.05) is 0 Å². The van der Waals surface area contributed by atoms with Crippen LogP contribution in [0.25, 0.3) is 11.1 Å². The summed E-state index contributed by atoms with van der Waals surface area (Å²) in [6.45, 7) is 0. The molecule has 11 heteroatoms. The third kappa shape index (κ3) is 3.95. The van der Waals surface area contributed by atoms with Gasteiger partial charge < -0.3 is 25.9 Å². The van der Waals surface area contributed by atoms with Crippen LogP contribution in [0.5, 0.6) is 0 Å². The Morgan fingerprint density at radius 2 is 1.72 bits per heavy atom. The summed E-state index contributed by atoms with van der Waals surface area (Å²) in [7, 11) is 0. The Hall–Kier alpha value is -3.70. The maximum absolute atomic E-state index is 12.3. The maximum Gasteiger partial charge on any atom is 0.345 e. The van der Waals surface area contributed by atoms with E-state index < -0.39 is 11.9 Å². The number of nitrogens with two attached hydrogens (primary N) is 1. The highest BCUT2D eigenvalue weighted by Gasteiger charge is 2.17. The lowest BCUT2D eigenvalue weighted by Crippen LogP contribution is -2.11. The van der Waals surface area contributed by atoms with Gasteiger partial charge in [0.2, 0.25) is 0 Å². The van der Waals surface area contributed by atoms with E-state index in [0.717, 1.165) is 11.3 Å². The van der Waals surface area contributed by atoms with Gasteiger partial charge in [0.15, 0.2) is 5.58 Å². The molecule has 3 aromatic heterocycles. The molecule has 0 radical (unpaired) electrons. The van der Waals surface area contributed by atoms with Crippen LogP contribution in [-0.2, 0) is 0 Å². The number of amides is 2. The summed E-state index contributed by atoms with van der Waals surface area (Å²) in [4.78, 5) is 40.1. The van der Waals surface area contributed by atoms with Gasteiger partial charge >= 0.3 is 11.9 Å². The number of fused-ring (bicyclic) bond motifs is 1. The minimum Gasteiger partial charge on any atom is -0.477 e. The number of rotatable bonds is 5. The highest BCUT2D eigenvalue weighted by Crippen LogP contribution is 2.24. The van der Waals surface area contributed by atoms with Crippen molar-refractivity contribution < 1.29 is 23.9 Å². The molecule has 0 aliphatic carbocycles. The van der Waals surface area contributed by atoms with Crippen LogP contribution in [0.15, 0.2) is 45.5 Å². The number of hydrogen-bond donors (Lipinski definition) is 4. The normalized spacial score (nSPS) is 10.8. The fourth-order valence-corrected chi connectivity index (χ4v) is 3.83. The molecule has 0 atom stereocenters. The molecule has 0 spiro atoms. The van der Waals surface area contributed by atoms with Gasteiger partial charge in [-0.25, -0.2) is 9.78 Å². The molecule has 4 rings (SSSR count). The van der Waals surface area contributed by atoms with E-state index >= 15 is 0 Å². The van der Waals surface area contributed by atoms with Crippen molar-refractivity contribution in [2.24, 2.45) is 0 Å². The van der Waals surface area contributed by atoms with Crippen molar-refractivity contribution in [3.05, 3.63) is 56.7 Å². The molecule has 3 heterocycles. The van der Waals surface area contributed by atoms with E-state index in [9.17, 15) is 14.4 Å². The molecule has 0 bridgehead atoms. The standard InChI is InChI=1S/C18H12N4O5S2/c19-8-3-13(28-6-8)15(23)20-9-1-2-11-12(4-9)27-17(22-11)16(24)21-10-5-14(18(25)26)29-7-10/h1-7H,19H2,(H,20,23)(H,21,24)(H,25,26). The van der Waals surface area contributed by atoms with Crippen LogP contribution in [0.1, 0.15) is 30.0 Å². The smallest absolute Gasteiger partial charge is 0.345 e. The summed E-state index contributed by atoms with van der Waals surface area (Å²) in [5.41, 5.74) is 7.70. The molecule has 29 heavy (non-hydrogen) atoms. The Kier molecular flexibility index (Phi) is 4.74. The second-order valence-electron chi connectivity index (χ2n) is 5.86. The number of hydrogen-bond acceptors (Lipinski definition) is 8. The first-order valence-corrected chi connectivity index (χ1v) is 9.84. The number of benzene rings is 1. The molecule has 4 aromatic rings. The Morgan fingerprint density at radius 3 is 2.41 bits per heavy atom. The molecular formula is C18H12N4O5S2. The first-order valence-electron chi connectivity index (χ1n) is 8.08. The van der Waals surface area contributed by atoms with Crippen molar-refractivity contribution in [1.82, 2.24) is 4.98 Å². The Bertz CT molecular complexity index is 1260. The van der Waals surface area contributed by atoms with Crippen LogP contribution in [0.4, 0.5) is 17.1 Å². The summed E-state index contributed by atoms with van der Waals surface area (Å²) < 4.78 is 5.48. The summed E-state index contributed by atoms with van der Waals surface area (Å²) in [5.74, 6) is -2.18. The van der Waals surface area contributed by atoms with Crippen molar-refractivity contribution in [2.45, 2.75) is 0 Å². The number of nitrogens with one attached hydrogen (secondary N) is 2. The molecule has 0 aliphatic heterocycles. The van der Waals surface area contributed by atoms with Crippen LogP contribution < -0.4 is 16.4 Å².